The number of anilines is 1. The summed E-state index contributed by atoms with van der Waals surface area (Å²) in [6.45, 7) is 1.32. The number of imidazole rings is 1. The maximum absolute atomic E-state index is 12.6. The first-order chi connectivity index (χ1) is 12.0. The molecule has 2 heterocycles. The number of alkyl halides is 2. The monoisotopic (exact) mass is 349 g/mol. The lowest BCUT2D eigenvalue weighted by molar-refractivity contribution is -0.0504. The molecule has 2 aromatic heterocycles. The second-order valence-corrected chi connectivity index (χ2v) is 5.23. The summed E-state index contributed by atoms with van der Waals surface area (Å²) in [6, 6.07) is 6.72. The first-order valence-corrected chi connectivity index (χ1v) is 7.65. The number of hydrogen-bond donors (Lipinski definition) is 1. The third kappa shape index (κ3) is 3.44. The minimum atomic E-state index is -2.90. The molecule has 3 aromatic rings. The van der Waals surface area contributed by atoms with Gasteiger partial charge in [-0.25, -0.2) is 4.98 Å². The topological polar surface area (TPSA) is 88.1 Å². The summed E-state index contributed by atoms with van der Waals surface area (Å²) in [5.74, 6) is 0.926. The van der Waals surface area contributed by atoms with Gasteiger partial charge in [-0.15, -0.1) is 0 Å². The summed E-state index contributed by atoms with van der Waals surface area (Å²) in [5, 5.41) is 0. The fourth-order valence-corrected chi connectivity index (χ4v) is 2.51. The molecule has 7 nitrogen and oxygen atoms in total. The molecule has 132 valence electrons. The predicted molar refractivity (Wildman–Crippen MR) is 87.8 cm³/mol. The molecule has 2 N–H and O–H groups in total. The number of rotatable bonds is 6. The average Bonchev–Trinajstić information content (AvgIpc) is 2.86. The quantitative estimate of drug-likeness (QED) is 0.736. The Morgan fingerprint density at radius 3 is 2.68 bits per heavy atom. The van der Waals surface area contributed by atoms with Gasteiger partial charge in [-0.3, -0.25) is 0 Å². The van der Waals surface area contributed by atoms with Crippen LogP contribution in [0.3, 0.4) is 0 Å². The molecule has 0 aliphatic rings. The molecule has 25 heavy (non-hydrogen) atoms. The molecular weight excluding hydrogens is 332 g/mol. The second-order valence-electron chi connectivity index (χ2n) is 5.23. The van der Waals surface area contributed by atoms with Crippen molar-refractivity contribution in [2.45, 2.75) is 27.0 Å². The van der Waals surface area contributed by atoms with Gasteiger partial charge in [0.15, 0.2) is 17.0 Å². The molecule has 0 amide bonds. The Morgan fingerprint density at radius 1 is 1.20 bits per heavy atom. The van der Waals surface area contributed by atoms with E-state index in [1.807, 2.05) is 6.92 Å². The minimum absolute atomic E-state index is 0.103. The minimum Gasteiger partial charge on any atom is -0.464 e. The van der Waals surface area contributed by atoms with E-state index in [1.54, 1.807) is 29.7 Å². The van der Waals surface area contributed by atoms with Gasteiger partial charge in [0.1, 0.15) is 11.6 Å². The predicted octanol–water partition coefficient (Wildman–Crippen LogP) is 2.77. The number of nitrogen functional groups attached to an aromatic ring is 1. The van der Waals surface area contributed by atoms with Gasteiger partial charge in [0.2, 0.25) is 0 Å². The van der Waals surface area contributed by atoms with Crippen LogP contribution in [0, 0.1) is 6.92 Å². The van der Waals surface area contributed by atoms with Crippen LogP contribution in [0.5, 0.6) is 11.8 Å². The lowest BCUT2D eigenvalue weighted by atomic mass is 10.2. The van der Waals surface area contributed by atoms with Crippen molar-refractivity contribution >= 4 is 17.0 Å². The molecule has 1 aromatic carbocycles. The number of nitrogens with two attached hydrogens (primary N) is 1. The van der Waals surface area contributed by atoms with Crippen molar-refractivity contribution in [3.05, 3.63) is 35.7 Å². The highest BCUT2D eigenvalue weighted by Gasteiger charge is 2.17. The molecule has 0 atom stereocenters. The number of nitrogens with zero attached hydrogens (tertiary/aromatic N) is 4. The van der Waals surface area contributed by atoms with Gasteiger partial charge in [-0.2, -0.15) is 18.7 Å². The van der Waals surface area contributed by atoms with Gasteiger partial charge in [0, 0.05) is 5.56 Å². The summed E-state index contributed by atoms with van der Waals surface area (Å²) >= 11 is 0. The molecule has 9 heteroatoms. The van der Waals surface area contributed by atoms with E-state index in [0.29, 0.717) is 29.2 Å². The molecular formula is C16H17F2N5O2. The molecule has 0 unspecified atom stereocenters. The van der Waals surface area contributed by atoms with Gasteiger partial charge in [-0.1, -0.05) is 18.2 Å². The molecule has 0 radical (unpaired) electrons. The van der Waals surface area contributed by atoms with E-state index < -0.39 is 6.61 Å². The van der Waals surface area contributed by atoms with Crippen molar-refractivity contribution < 1.29 is 18.3 Å². The first-order valence-electron chi connectivity index (χ1n) is 7.65. The molecule has 0 aliphatic carbocycles. The first kappa shape index (κ1) is 16.9. The van der Waals surface area contributed by atoms with Crippen LogP contribution in [0.1, 0.15) is 18.3 Å². The standard InChI is InChI=1S/C16H17F2N5O2/c1-3-24-16-21-13(19)12-14(22-16)23(9(2)20-12)8-10-6-4-5-7-11(10)25-15(17)18/h4-7,15H,3,8H2,1-2H3,(H2,19,21,22). The largest absolute Gasteiger partial charge is 0.464 e. The summed E-state index contributed by atoms with van der Waals surface area (Å²) in [6.07, 6.45) is 0. The van der Waals surface area contributed by atoms with E-state index in [4.69, 9.17) is 10.5 Å². The van der Waals surface area contributed by atoms with E-state index in [0.717, 1.165) is 0 Å². The Kier molecular flexibility index (Phi) is 4.64. The summed E-state index contributed by atoms with van der Waals surface area (Å²) in [4.78, 5) is 12.8. The van der Waals surface area contributed by atoms with Crippen LogP contribution in [0.2, 0.25) is 0 Å². The van der Waals surface area contributed by atoms with Gasteiger partial charge in [0.25, 0.3) is 0 Å². The number of hydrogen-bond acceptors (Lipinski definition) is 6. The number of aromatic nitrogens is 4. The van der Waals surface area contributed by atoms with Gasteiger partial charge in [0.05, 0.1) is 13.2 Å². The number of para-hydroxylation sites is 1. The van der Waals surface area contributed by atoms with E-state index in [1.165, 1.54) is 6.07 Å². The SMILES string of the molecule is CCOc1nc(N)c2nc(C)n(Cc3ccccc3OC(F)F)c2n1. The Labute approximate surface area is 142 Å². The maximum Gasteiger partial charge on any atom is 0.387 e. The molecule has 0 aliphatic heterocycles. The number of aryl methyl sites for hydroxylation is 1. The van der Waals surface area contributed by atoms with Crippen LogP contribution in [-0.2, 0) is 6.54 Å². The average molecular weight is 349 g/mol. The Balaban J connectivity index is 2.06. The van der Waals surface area contributed by atoms with Crippen molar-refractivity contribution in [1.82, 2.24) is 19.5 Å². The number of benzene rings is 1. The Hall–Kier alpha value is -2.97. The van der Waals surface area contributed by atoms with Gasteiger partial charge in [-0.05, 0) is 19.9 Å². The highest BCUT2D eigenvalue weighted by molar-refractivity contribution is 5.82. The maximum atomic E-state index is 12.6. The highest BCUT2D eigenvalue weighted by Crippen LogP contribution is 2.26. The number of fused-ring (bicyclic) bond motifs is 1. The normalized spacial score (nSPS) is 11.2. The second kappa shape index (κ2) is 6.88. The Morgan fingerprint density at radius 2 is 1.96 bits per heavy atom. The van der Waals surface area contributed by atoms with Crippen LogP contribution in [0.15, 0.2) is 24.3 Å². The fourth-order valence-electron chi connectivity index (χ4n) is 2.51. The third-order valence-corrected chi connectivity index (χ3v) is 3.58. The number of halogens is 2. The lowest BCUT2D eigenvalue weighted by Gasteiger charge is -2.12. The van der Waals surface area contributed by atoms with Crippen molar-refractivity contribution in [1.29, 1.82) is 0 Å². The molecule has 0 saturated carbocycles. The van der Waals surface area contributed by atoms with Crippen LogP contribution in [0.4, 0.5) is 14.6 Å². The van der Waals surface area contributed by atoms with Crippen molar-refractivity contribution in [2.75, 3.05) is 12.3 Å². The molecule has 0 bridgehead atoms. The zero-order valence-electron chi connectivity index (χ0n) is 13.7. The zero-order chi connectivity index (χ0) is 18.0. The smallest absolute Gasteiger partial charge is 0.387 e. The zero-order valence-corrected chi connectivity index (χ0v) is 13.7. The van der Waals surface area contributed by atoms with Crippen LogP contribution in [0.25, 0.3) is 11.2 Å². The van der Waals surface area contributed by atoms with E-state index in [-0.39, 0.29) is 24.1 Å². The summed E-state index contributed by atoms with van der Waals surface area (Å²) in [7, 11) is 0. The van der Waals surface area contributed by atoms with Crippen LogP contribution >= 0.6 is 0 Å². The van der Waals surface area contributed by atoms with Crippen molar-refractivity contribution in [3.8, 4) is 11.8 Å². The fraction of sp³-hybridized carbons (Fsp3) is 0.312. The van der Waals surface area contributed by atoms with E-state index >= 15 is 0 Å². The summed E-state index contributed by atoms with van der Waals surface area (Å²) in [5.41, 5.74) is 7.41. The van der Waals surface area contributed by atoms with Gasteiger partial charge >= 0.3 is 12.6 Å². The highest BCUT2D eigenvalue weighted by atomic mass is 19.3. The molecule has 0 saturated heterocycles. The molecule has 3 rings (SSSR count). The molecule has 0 spiro atoms. The van der Waals surface area contributed by atoms with Crippen LogP contribution < -0.4 is 15.2 Å². The summed E-state index contributed by atoms with van der Waals surface area (Å²) < 4.78 is 36.9. The van der Waals surface area contributed by atoms with E-state index in [9.17, 15) is 8.78 Å². The molecule has 0 fully saturated rings. The number of ether oxygens (including phenoxy) is 2. The van der Waals surface area contributed by atoms with Crippen molar-refractivity contribution in [2.24, 2.45) is 0 Å². The van der Waals surface area contributed by atoms with Crippen LogP contribution in [-0.4, -0.2) is 32.7 Å². The van der Waals surface area contributed by atoms with E-state index in [2.05, 4.69) is 19.7 Å². The third-order valence-electron chi connectivity index (χ3n) is 3.58. The van der Waals surface area contributed by atoms with Gasteiger partial charge < -0.3 is 19.8 Å². The van der Waals surface area contributed by atoms with Crippen molar-refractivity contribution in [3.63, 3.8) is 0 Å². The lowest BCUT2D eigenvalue weighted by Crippen LogP contribution is -2.09. The Bertz CT molecular complexity index is 898.